The minimum Gasteiger partial charge on any atom is -0.486 e. The minimum atomic E-state index is -1.62. The number of alkyl halides is 1. The van der Waals surface area contributed by atoms with Crippen molar-refractivity contribution in [1.82, 2.24) is 9.88 Å². The van der Waals surface area contributed by atoms with Crippen LogP contribution in [0.4, 0.5) is 4.39 Å². The molecule has 3 heterocycles. The van der Waals surface area contributed by atoms with Crippen LogP contribution in [0.2, 0.25) is 0 Å². The highest BCUT2D eigenvalue weighted by atomic mass is 19.1. The summed E-state index contributed by atoms with van der Waals surface area (Å²) in [6.45, 7) is 1.60. The molecular weight excluding hydrogens is 311 g/mol. The van der Waals surface area contributed by atoms with Crippen LogP contribution in [0, 0.1) is 0 Å². The van der Waals surface area contributed by atoms with Gasteiger partial charge >= 0.3 is 0 Å². The zero-order valence-corrected chi connectivity index (χ0v) is 13.7. The molecule has 2 aliphatic heterocycles. The second kappa shape index (κ2) is 5.99. The molecule has 1 aromatic rings. The van der Waals surface area contributed by atoms with Gasteiger partial charge in [-0.05, 0) is 44.2 Å². The molecule has 1 saturated carbocycles. The number of halogens is 1. The summed E-state index contributed by atoms with van der Waals surface area (Å²) in [6.07, 6.45) is 7.34. The lowest BCUT2D eigenvalue weighted by Gasteiger charge is -2.44. The van der Waals surface area contributed by atoms with Crippen LogP contribution in [0.1, 0.15) is 38.5 Å². The van der Waals surface area contributed by atoms with Gasteiger partial charge in [0.2, 0.25) is 0 Å². The molecule has 0 unspecified atom stereocenters. The summed E-state index contributed by atoms with van der Waals surface area (Å²) in [5.74, 6) is 0.386. The molecule has 0 aromatic carbocycles. The quantitative estimate of drug-likeness (QED) is 0.852. The highest BCUT2D eigenvalue weighted by Gasteiger charge is 2.51. The lowest BCUT2D eigenvalue weighted by atomic mass is 9.79. The molecule has 3 aliphatic rings. The van der Waals surface area contributed by atoms with Crippen LogP contribution in [0.5, 0.6) is 5.75 Å². The molecule has 1 amide bonds. The molecule has 3 fully saturated rings. The number of aromatic nitrogens is 1. The third-order valence-electron chi connectivity index (χ3n) is 5.47. The monoisotopic (exact) mass is 334 g/mol. The number of carbonyl (C=O) groups is 1. The Balaban J connectivity index is 1.39. The topological polar surface area (TPSA) is 51.7 Å². The smallest absolute Gasteiger partial charge is 0.260 e. The van der Waals surface area contributed by atoms with Crippen molar-refractivity contribution in [1.29, 1.82) is 0 Å². The molecule has 1 spiro atoms. The number of nitrogens with zero attached hydrogens (tertiary/aromatic N) is 2. The van der Waals surface area contributed by atoms with E-state index in [0.717, 1.165) is 31.4 Å². The molecular formula is C18H23FN2O3. The van der Waals surface area contributed by atoms with E-state index >= 15 is 0 Å². The Morgan fingerprint density at radius 1 is 1.38 bits per heavy atom. The molecule has 4 rings (SSSR count). The third-order valence-corrected chi connectivity index (χ3v) is 5.47. The van der Waals surface area contributed by atoms with Gasteiger partial charge in [0.05, 0.1) is 18.4 Å². The van der Waals surface area contributed by atoms with E-state index in [4.69, 9.17) is 9.47 Å². The Bertz CT molecular complexity index is 608. The number of amides is 1. The molecule has 24 heavy (non-hydrogen) atoms. The van der Waals surface area contributed by atoms with Crippen LogP contribution in [-0.2, 0) is 9.53 Å². The van der Waals surface area contributed by atoms with Crippen molar-refractivity contribution in [3.8, 4) is 5.75 Å². The Morgan fingerprint density at radius 3 is 2.96 bits per heavy atom. The summed E-state index contributed by atoms with van der Waals surface area (Å²) in [4.78, 5) is 18.2. The second-order valence-corrected chi connectivity index (χ2v) is 7.28. The summed E-state index contributed by atoms with van der Waals surface area (Å²) in [5, 5.41) is 0. The second-order valence-electron chi connectivity index (χ2n) is 7.28. The fourth-order valence-electron chi connectivity index (χ4n) is 4.03. The fraction of sp³-hybridized carbons (Fsp3) is 0.667. The number of carbonyl (C=O) groups excluding carboxylic acids is 1. The summed E-state index contributed by atoms with van der Waals surface area (Å²) >= 11 is 0. The maximum absolute atomic E-state index is 14.5. The fourth-order valence-corrected chi connectivity index (χ4v) is 4.03. The molecule has 6 heteroatoms. The van der Waals surface area contributed by atoms with Crippen molar-refractivity contribution >= 4 is 5.91 Å². The van der Waals surface area contributed by atoms with Crippen LogP contribution in [0.3, 0.4) is 0 Å². The lowest BCUT2D eigenvalue weighted by molar-refractivity contribution is -0.157. The molecule has 0 N–H and O–H groups in total. The summed E-state index contributed by atoms with van der Waals surface area (Å²) in [6, 6.07) is 3.71. The van der Waals surface area contributed by atoms with E-state index in [1.54, 1.807) is 17.3 Å². The van der Waals surface area contributed by atoms with E-state index in [9.17, 15) is 9.18 Å². The van der Waals surface area contributed by atoms with Crippen molar-refractivity contribution in [2.24, 2.45) is 0 Å². The van der Waals surface area contributed by atoms with Crippen LogP contribution in [0.15, 0.2) is 24.5 Å². The first-order chi connectivity index (χ1) is 11.6. The van der Waals surface area contributed by atoms with Gasteiger partial charge in [0.1, 0.15) is 11.9 Å². The highest BCUT2D eigenvalue weighted by molar-refractivity contribution is 5.86. The van der Waals surface area contributed by atoms with Crippen molar-refractivity contribution in [2.45, 2.75) is 55.9 Å². The van der Waals surface area contributed by atoms with E-state index in [1.165, 1.54) is 0 Å². The van der Waals surface area contributed by atoms with E-state index in [0.29, 0.717) is 32.5 Å². The van der Waals surface area contributed by atoms with Crippen LogP contribution in [0.25, 0.3) is 0 Å². The van der Waals surface area contributed by atoms with Gasteiger partial charge in [-0.2, -0.15) is 0 Å². The predicted octanol–water partition coefficient (Wildman–Crippen LogP) is 2.50. The Hall–Kier alpha value is -1.69. The van der Waals surface area contributed by atoms with E-state index in [-0.39, 0.29) is 17.6 Å². The molecule has 5 nitrogen and oxygen atoms in total. The maximum atomic E-state index is 14.5. The zero-order chi connectivity index (χ0) is 16.6. The average molecular weight is 334 g/mol. The summed E-state index contributed by atoms with van der Waals surface area (Å²) < 4.78 is 26.4. The number of piperidine rings is 1. The van der Waals surface area contributed by atoms with Gasteiger partial charge in [-0.3, -0.25) is 9.78 Å². The normalized spacial score (nSPS) is 31.7. The van der Waals surface area contributed by atoms with Gasteiger partial charge in [0, 0.05) is 25.7 Å². The Kier molecular flexibility index (Phi) is 3.95. The number of ether oxygens (including phenoxy) is 2. The number of hydrogen-bond donors (Lipinski definition) is 0. The van der Waals surface area contributed by atoms with Gasteiger partial charge in [0.25, 0.3) is 5.91 Å². The average Bonchev–Trinajstić information content (AvgIpc) is 2.95. The lowest BCUT2D eigenvalue weighted by Crippen LogP contribution is -2.57. The molecule has 1 aromatic heterocycles. The van der Waals surface area contributed by atoms with Crippen molar-refractivity contribution < 1.29 is 18.7 Å². The van der Waals surface area contributed by atoms with Crippen LogP contribution < -0.4 is 4.74 Å². The first kappa shape index (κ1) is 15.8. The van der Waals surface area contributed by atoms with E-state index in [2.05, 4.69) is 4.98 Å². The van der Waals surface area contributed by atoms with Gasteiger partial charge in [-0.1, -0.05) is 0 Å². The predicted molar refractivity (Wildman–Crippen MR) is 85.5 cm³/mol. The molecule has 2 saturated heterocycles. The number of rotatable bonds is 3. The van der Waals surface area contributed by atoms with E-state index in [1.807, 2.05) is 12.1 Å². The molecule has 1 aliphatic carbocycles. The van der Waals surface area contributed by atoms with Crippen molar-refractivity contribution in [2.75, 3.05) is 19.7 Å². The summed E-state index contributed by atoms with van der Waals surface area (Å²) in [5.41, 5.74) is -2.01. The Morgan fingerprint density at radius 2 is 2.25 bits per heavy atom. The van der Waals surface area contributed by atoms with Crippen LogP contribution in [-0.4, -0.2) is 52.9 Å². The standard InChI is InChI=1S/C18H23FN2O3/c19-18(6-2-7-18)16(22)21-9-3-5-17(13-21)10-15(12-23-17)24-14-4-1-8-20-11-14/h1,4,8,11,15H,2-3,5-7,9-10,12-13H2/t15-,17+/m0/s1. The minimum absolute atomic E-state index is 0.0488. The Labute approximate surface area is 141 Å². The number of hydrogen-bond acceptors (Lipinski definition) is 4. The first-order valence-corrected chi connectivity index (χ1v) is 8.78. The highest BCUT2D eigenvalue weighted by Crippen LogP contribution is 2.41. The molecule has 0 radical (unpaired) electrons. The van der Waals surface area contributed by atoms with Gasteiger partial charge < -0.3 is 14.4 Å². The number of likely N-dealkylation sites (tertiary alicyclic amines) is 1. The molecule has 130 valence electrons. The largest absolute Gasteiger partial charge is 0.486 e. The first-order valence-electron chi connectivity index (χ1n) is 8.78. The van der Waals surface area contributed by atoms with Crippen molar-refractivity contribution in [3.05, 3.63) is 24.5 Å². The molecule has 0 bridgehead atoms. The maximum Gasteiger partial charge on any atom is 0.260 e. The van der Waals surface area contributed by atoms with Crippen molar-refractivity contribution in [3.63, 3.8) is 0 Å². The van der Waals surface area contributed by atoms with Gasteiger partial charge in [-0.25, -0.2) is 4.39 Å². The number of pyridine rings is 1. The summed E-state index contributed by atoms with van der Waals surface area (Å²) in [7, 11) is 0. The SMILES string of the molecule is O=C(N1CCC[C@@]2(C[C@H](Oc3cccnc3)CO2)C1)C1(F)CCC1. The molecule has 2 atom stereocenters. The van der Waals surface area contributed by atoms with Gasteiger partial charge in [0.15, 0.2) is 5.67 Å². The van der Waals surface area contributed by atoms with E-state index < -0.39 is 5.67 Å². The third kappa shape index (κ3) is 2.88. The van der Waals surface area contributed by atoms with Crippen LogP contribution >= 0.6 is 0 Å². The zero-order valence-electron chi connectivity index (χ0n) is 13.7. The van der Waals surface area contributed by atoms with Gasteiger partial charge in [-0.15, -0.1) is 0 Å².